The second-order valence-electron chi connectivity index (χ2n) is 14.2. The van der Waals surface area contributed by atoms with E-state index in [1.54, 1.807) is 0 Å². The van der Waals surface area contributed by atoms with Crippen LogP contribution in [0.1, 0.15) is 85.3 Å². The Hall–Kier alpha value is -6.17. The second-order valence-corrected chi connectivity index (χ2v) is 14.2. The number of hydrogen-bond acceptors (Lipinski definition) is 13. The van der Waals surface area contributed by atoms with E-state index in [1.165, 1.54) is 47.1 Å². The van der Waals surface area contributed by atoms with Gasteiger partial charge in [0.1, 0.15) is 48.3 Å². The number of H-pyrrole nitrogens is 1. The van der Waals surface area contributed by atoms with E-state index in [0.717, 1.165) is 0 Å². The van der Waals surface area contributed by atoms with Crippen molar-refractivity contribution < 1.29 is 53.1 Å². The zero-order valence-electron chi connectivity index (χ0n) is 34.6. The largest absolute Gasteiger partial charge is 0.481 e. The van der Waals surface area contributed by atoms with E-state index in [1.807, 2.05) is 0 Å². The van der Waals surface area contributed by atoms with E-state index in [0.29, 0.717) is 44.5 Å². The maximum Gasteiger partial charge on any atom is 0.305 e. The van der Waals surface area contributed by atoms with E-state index < -0.39 is 114 Å². The Morgan fingerprint density at radius 2 is 0.983 bits per heavy atom. The summed E-state index contributed by atoms with van der Waals surface area (Å²) in [6.07, 6.45) is 4.42. The molecular formula is C36H61N13O11. The van der Waals surface area contributed by atoms with Gasteiger partial charge in [0.25, 0.3) is 0 Å². The van der Waals surface area contributed by atoms with Crippen LogP contribution in [-0.4, -0.2) is 136 Å². The molecule has 1 aromatic heterocycles. The fourth-order valence-electron chi connectivity index (χ4n) is 5.43. The van der Waals surface area contributed by atoms with Crippen molar-refractivity contribution in [3.8, 4) is 0 Å². The number of unbranched alkanes of at least 4 members (excludes halogenated alkanes) is 2. The van der Waals surface area contributed by atoms with Crippen LogP contribution in [0.4, 0.5) is 0 Å². The number of amides is 9. The average molecular weight is 852 g/mol. The quantitative estimate of drug-likeness (QED) is 0.0352. The van der Waals surface area contributed by atoms with Crippen molar-refractivity contribution in [2.45, 2.75) is 134 Å². The Morgan fingerprint density at radius 1 is 0.583 bits per heavy atom. The number of imidazole rings is 1. The first-order chi connectivity index (χ1) is 28.2. The molecular weight excluding hydrogens is 790 g/mol. The molecule has 9 amide bonds. The topological polar surface area (TPSA) is 394 Å². The molecule has 1 aromatic rings. The molecule has 0 saturated heterocycles. The van der Waals surface area contributed by atoms with Crippen molar-refractivity contribution in [2.24, 2.45) is 17.2 Å². The van der Waals surface area contributed by atoms with Crippen molar-refractivity contribution in [1.82, 2.24) is 52.5 Å². The van der Waals surface area contributed by atoms with Crippen LogP contribution < -0.4 is 59.7 Å². The second kappa shape index (κ2) is 26.8. The molecule has 24 nitrogen and oxygen atoms in total. The molecule has 0 fully saturated rings. The van der Waals surface area contributed by atoms with Gasteiger partial charge in [-0.1, -0.05) is 0 Å². The van der Waals surface area contributed by atoms with Gasteiger partial charge in [0.05, 0.1) is 12.7 Å². The van der Waals surface area contributed by atoms with Gasteiger partial charge >= 0.3 is 5.97 Å². The standard InChI is InChI=1S/C36H61N13O11/c1-18(44-36(60)27(15-28(51)52)49-33(57)21(4)43-34(58)25(46-22(5)50)11-7-9-13-38)30(54)42-19(2)32(56)48-26(14-23-16-40-17-41-23)35(59)45-20(3)31(55)47-24(29(39)53)10-6-8-12-37/h16-21,24-27H,6-15,37-38H2,1-5H3,(H2,39,53)(H,40,41)(H,42,54)(H,43,58)(H,44,60)(H,45,59)(H,46,50)(H,47,55)(H,48,56)(H,49,57)(H,51,52)/t18-,19-,20-,21-,24-,25-,26-,27-/m0/s1. The molecule has 1 heterocycles. The molecule has 24 heteroatoms. The van der Waals surface area contributed by atoms with Crippen molar-refractivity contribution in [1.29, 1.82) is 0 Å². The lowest BCUT2D eigenvalue weighted by Crippen LogP contribution is -2.59. The van der Waals surface area contributed by atoms with Crippen LogP contribution in [0.25, 0.3) is 0 Å². The van der Waals surface area contributed by atoms with Crippen molar-refractivity contribution in [3.05, 3.63) is 18.2 Å². The summed E-state index contributed by atoms with van der Waals surface area (Å²) in [6, 6.07) is -10.1. The van der Waals surface area contributed by atoms with E-state index in [4.69, 9.17) is 17.2 Å². The van der Waals surface area contributed by atoms with Crippen LogP contribution in [0.15, 0.2) is 12.5 Å². The predicted molar refractivity (Wildman–Crippen MR) is 213 cm³/mol. The van der Waals surface area contributed by atoms with Crippen LogP contribution in [-0.2, 0) is 54.4 Å². The van der Waals surface area contributed by atoms with Gasteiger partial charge in [-0.2, -0.15) is 0 Å². The highest BCUT2D eigenvalue weighted by Gasteiger charge is 2.32. The Labute approximate surface area is 347 Å². The summed E-state index contributed by atoms with van der Waals surface area (Å²) in [5.41, 5.74) is 16.8. The summed E-state index contributed by atoms with van der Waals surface area (Å²) in [5, 5.41) is 28.7. The Morgan fingerprint density at radius 3 is 1.40 bits per heavy atom. The number of rotatable bonds is 28. The number of aromatic amines is 1. The number of nitrogens with two attached hydrogens (primary N) is 3. The minimum atomic E-state index is -1.70. The van der Waals surface area contributed by atoms with Crippen LogP contribution in [0.5, 0.6) is 0 Å². The van der Waals surface area contributed by atoms with Gasteiger partial charge < -0.3 is 69.8 Å². The number of hydrogen-bond donors (Lipinski definition) is 13. The van der Waals surface area contributed by atoms with E-state index in [-0.39, 0.29) is 19.3 Å². The van der Waals surface area contributed by atoms with Gasteiger partial charge in [0.2, 0.25) is 53.2 Å². The van der Waals surface area contributed by atoms with Gasteiger partial charge in [0.15, 0.2) is 0 Å². The zero-order chi connectivity index (χ0) is 45.5. The Kier molecular flexibility index (Phi) is 23.1. The first-order valence-electron chi connectivity index (χ1n) is 19.5. The highest BCUT2D eigenvalue weighted by molar-refractivity contribution is 5.98. The normalized spacial score (nSPS) is 14.8. The molecule has 0 aliphatic carbocycles. The van der Waals surface area contributed by atoms with Gasteiger partial charge in [0, 0.05) is 25.2 Å². The van der Waals surface area contributed by atoms with Crippen molar-refractivity contribution in [2.75, 3.05) is 13.1 Å². The number of nitrogens with zero attached hydrogens (tertiary/aromatic N) is 1. The lowest BCUT2D eigenvalue weighted by molar-refractivity contribution is -0.141. The molecule has 0 spiro atoms. The third-order valence-electron chi connectivity index (χ3n) is 8.88. The number of carbonyl (C=O) groups excluding carboxylic acids is 9. The first-order valence-corrected chi connectivity index (χ1v) is 19.5. The molecule has 0 aliphatic heterocycles. The minimum absolute atomic E-state index is 0.119. The van der Waals surface area contributed by atoms with Crippen molar-refractivity contribution in [3.63, 3.8) is 0 Å². The van der Waals surface area contributed by atoms with E-state index >= 15 is 0 Å². The number of carboxylic acid groups (broad SMARTS) is 1. The van der Waals surface area contributed by atoms with Crippen LogP contribution >= 0.6 is 0 Å². The lowest BCUT2D eigenvalue weighted by Gasteiger charge is -2.25. The van der Waals surface area contributed by atoms with Crippen LogP contribution in [0, 0.1) is 0 Å². The lowest BCUT2D eigenvalue weighted by atomic mass is 10.1. The molecule has 336 valence electrons. The summed E-state index contributed by atoms with van der Waals surface area (Å²) in [5.74, 6) is -8.69. The highest BCUT2D eigenvalue weighted by atomic mass is 16.4. The molecule has 0 aromatic carbocycles. The van der Waals surface area contributed by atoms with Crippen molar-refractivity contribution >= 4 is 59.1 Å². The summed E-state index contributed by atoms with van der Waals surface area (Å²) >= 11 is 0. The fourth-order valence-corrected chi connectivity index (χ4v) is 5.43. The molecule has 16 N–H and O–H groups in total. The maximum atomic E-state index is 13.4. The average Bonchev–Trinajstić information content (AvgIpc) is 3.69. The SMILES string of the molecule is CC(=O)N[C@@H](CCCCN)C(=O)N[C@@H](C)C(=O)N[C@@H](CC(=O)O)C(=O)N[C@@H](C)C(=O)N[C@@H](C)C(=O)N[C@@H](Cc1cnc[nH]1)C(=O)N[C@@H](C)C(=O)N[C@@H](CCCCN)C(N)=O. The third kappa shape index (κ3) is 19.5. The van der Waals surface area contributed by atoms with Crippen LogP contribution in [0.3, 0.4) is 0 Å². The fraction of sp³-hybridized carbons (Fsp3) is 0.639. The number of aromatic nitrogens is 2. The molecule has 0 aliphatic rings. The Balaban J connectivity index is 2.94. The molecule has 0 radical (unpaired) electrons. The van der Waals surface area contributed by atoms with Crippen LogP contribution in [0.2, 0.25) is 0 Å². The predicted octanol–water partition coefficient (Wildman–Crippen LogP) is -4.85. The summed E-state index contributed by atoms with van der Waals surface area (Å²) in [6.45, 7) is 7.13. The molecule has 1 rings (SSSR count). The van der Waals surface area contributed by atoms with E-state index in [2.05, 4.69) is 52.5 Å². The molecule has 8 atom stereocenters. The molecule has 0 saturated carbocycles. The first kappa shape index (κ1) is 51.8. The number of carbonyl (C=O) groups is 10. The number of carboxylic acids is 1. The van der Waals surface area contributed by atoms with Gasteiger partial charge in [-0.3, -0.25) is 47.9 Å². The molecule has 60 heavy (non-hydrogen) atoms. The molecule has 0 unspecified atom stereocenters. The van der Waals surface area contributed by atoms with Gasteiger partial charge in [-0.05, 0) is 79.3 Å². The number of nitrogens with one attached hydrogen (secondary N) is 9. The summed E-state index contributed by atoms with van der Waals surface area (Å²) in [4.78, 5) is 133. The highest BCUT2D eigenvalue weighted by Crippen LogP contribution is 2.05. The van der Waals surface area contributed by atoms with Gasteiger partial charge in [-0.25, -0.2) is 4.98 Å². The number of aliphatic carboxylic acids is 1. The minimum Gasteiger partial charge on any atom is -0.481 e. The third-order valence-corrected chi connectivity index (χ3v) is 8.88. The maximum absolute atomic E-state index is 13.4. The summed E-state index contributed by atoms with van der Waals surface area (Å²) in [7, 11) is 0. The summed E-state index contributed by atoms with van der Waals surface area (Å²) < 4.78 is 0. The monoisotopic (exact) mass is 851 g/mol. The van der Waals surface area contributed by atoms with E-state index in [9.17, 15) is 53.1 Å². The number of primary amides is 1. The Bertz CT molecular complexity index is 1640. The zero-order valence-corrected chi connectivity index (χ0v) is 34.6. The smallest absolute Gasteiger partial charge is 0.305 e. The van der Waals surface area contributed by atoms with Gasteiger partial charge in [-0.15, -0.1) is 0 Å². The molecule has 0 bridgehead atoms.